The molecule has 0 aliphatic heterocycles. The number of aliphatic hydroxyl groups excluding tert-OH is 1. The lowest BCUT2D eigenvalue weighted by Crippen LogP contribution is -2.38. The van der Waals surface area contributed by atoms with Crippen molar-refractivity contribution in [1.82, 2.24) is 0 Å². The van der Waals surface area contributed by atoms with Gasteiger partial charge in [0.15, 0.2) is 5.60 Å². The molecule has 0 fully saturated rings. The molecule has 0 unspecified atom stereocenters. The third-order valence-corrected chi connectivity index (χ3v) is 4.38. The van der Waals surface area contributed by atoms with Crippen LogP contribution < -0.4 is 0 Å². The molecule has 23 heavy (non-hydrogen) atoms. The molecule has 4 heteroatoms. The van der Waals surface area contributed by atoms with E-state index in [1.54, 1.807) is 0 Å². The Hall–Kier alpha value is -2.17. The highest BCUT2D eigenvalue weighted by molar-refractivity contribution is 5.80. The Bertz CT molecular complexity index is 675. The van der Waals surface area contributed by atoms with Crippen molar-refractivity contribution in [3.63, 3.8) is 0 Å². The molecule has 0 spiro atoms. The van der Waals surface area contributed by atoms with Crippen LogP contribution in [0.15, 0.2) is 48.5 Å². The fourth-order valence-electron chi connectivity index (χ4n) is 3.07. The van der Waals surface area contributed by atoms with Crippen LogP contribution in [0.3, 0.4) is 0 Å². The number of fused-ring (bicyclic) bond motifs is 3. The van der Waals surface area contributed by atoms with Gasteiger partial charge in [-0.05, 0) is 29.2 Å². The van der Waals surface area contributed by atoms with E-state index in [1.807, 2.05) is 36.4 Å². The summed E-state index contributed by atoms with van der Waals surface area (Å²) >= 11 is 0. The van der Waals surface area contributed by atoms with E-state index in [-0.39, 0.29) is 25.6 Å². The largest absolute Gasteiger partial charge is 0.463 e. The van der Waals surface area contributed by atoms with Gasteiger partial charge in [-0.2, -0.15) is 0 Å². The topological polar surface area (TPSA) is 66.8 Å². The highest BCUT2D eigenvalue weighted by atomic mass is 16.5. The maximum atomic E-state index is 12.1. The van der Waals surface area contributed by atoms with E-state index in [0.29, 0.717) is 0 Å². The first-order valence-corrected chi connectivity index (χ1v) is 7.73. The van der Waals surface area contributed by atoms with Gasteiger partial charge in [0.2, 0.25) is 0 Å². The Morgan fingerprint density at radius 1 is 1.09 bits per heavy atom. The zero-order valence-corrected chi connectivity index (χ0v) is 13.0. The molecule has 2 aromatic carbocycles. The predicted molar refractivity (Wildman–Crippen MR) is 87.0 cm³/mol. The minimum Gasteiger partial charge on any atom is -0.463 e. The van der Waals surface area contributed by atoms with E-state index >= 15 is 0 Å². The molecular weight excluding hydrogens is 292 g/mol. The second-order valence-electron chi connectivity index (χ2n) is 6.07. The van der Waals surface area contributed by atoms with Crippen LogP contribution in [0, 0.1) is 0 Å². The number of carbonyl (C=O) groups is 1. The van der Waals surface area contributed by atoms with Crippen LogP contribution in [0.1, 0.15) is 30.4 Å². The molecule has 0 saturated heterocycles. The van der Waals surface area contributed by atoms with Crippen LogP contribution in [-0.2, 0) is 9.53 Å². The first kappa shape index (κ1) is 15.7. The van der Waals surface area contributed by atoms with Gasteiger partial charge in [0.1, 0.15) is 6.61 Å². The zero-order chi connectivity index (χ0) is 16.4. The minimum atomic E-state index is -1.66. The lowest BCUT2D eigenvalue weighted by molar-refractivity contribution is -0.165. The molecule has 4 nitrogen and oxygen atoms in total. The fraction of sp³-hybridized carbons (Fsp3) is 0.316. The van der Waals surface area contributed by atoms with Crippen LogP contribution in [0.25, 0.3) is 11.1 Å². The van der Waals surface area contributed by atoms with E-state index in [2.05, 4.69) is 12.1 Å². The lowest BCUT2D eigenvalue weighted by atomic mass is 9.98. The summed E-state index contributed by atoms with van der Waals surface area (Å²) in [4.78, 5) is 12.1. The monoisotopic (exact) mass is 312 g/mol. The summed E-state index contributed by atoms with van der Waals surface area (Å²) in [6, 6.07) is 16.2. The lowest BCUT2D eigenvalue weighted by Gasteiger charge is -2.22. The van der Waals surface area contributed by atoms with Crippen molar-refractivity contribution in [2.24, 2.45) is 0 Å². The Labute approximate surface area is 135 Å². The van der Waals surface area contributed by atoms with E-state index in [0.717, 1.165) is 22.3 Å². The van der Waals surface area contributed by atoms with Crippen LogP contribution >= 0.6 is 0 Å². The van der Waals surface area contributed by atoms with Crippen LogP contribution in [0.2, 0.25) is 0 Å². The van der Waals surface area contributed by atoms with Gasteiger partial charge in [-0.25, -0.2) is 4.79 Å². The Morgan fingerprint density at radius 2 is 1.61 bits per heavy atom. The summed E-state index contributed by atoms with van der Waals surface area (Å²) in [5.74, 6) is -0.732. The van der Waals surface area contributed by atoms with E-state index in [9.17, 15) is 9.90 Å². The first-order valence-electron chi connectivity index (χ1n) is 7.73. The second kappa shape index (κ2) is 6.14. The highest BCUT2D eigenvalue weighted by Gasteiger charge is 2.34. The number of carbonyl (C=O) groups excluding carboxylic acids is 1. The van der Waals surface area contributed by atoms with Crippen LogP contribution in [-0.4, -0.2) is 35.0 Å². The maximum absolute atomic E-state index is 12.1. The van der Waals surface area contributed by atoms with Crippen molar-refractivity contribution >= 4 is 5.97 Å². The zero-order valence-electron chi connectivity index (χ0n) is 13.0. The average Bonchev–Trinajstić information content (AvgIpc) is 2.87. The number of ether oxygens (including phenoxy) is 1. The first-order chi connectivity index (χ1) is 11.0. The molecule has 1 aliphatic carbocycles. The number of aliphatic hydroxyl groups is 2. The summed E-state index contributed by atoms with van der Waals surface area (Å²) in [5.41, 5.74) is 2.91. The van der Waals surface area contributed by atoms with Crippen molar-refractivity contribution in [1.29, 1.82) is 0 Å². The number of esters is 1. The summed E-state index contributed by atoms with van der Waals surface area (Å²) in [6.07, 6.45) is -0.0380. The second-order valence-corrected chi connectivity index (χ2v) is 6.07. The highest BCUT2D eigenvalue weighted by Crippen LogP contribution is 2.44. The molecule has 2 N–H and O–H groups in total. The predicted octanol–water partition coefficient (Wildman–Crippen LogP) is 2.48. The van der Waals surface area contributed by atoms with Gasteiger partial charge in [0.25, 0.3) is 0 Å². The number of hydrogen-bond donors (Lipinski definition) is 2. The van der Waals surface area contributed by atoms with Gasteiger partial charge >= 0.3 is 5.97 Å². The van der Waals surface area contributed by atoms with Crippen LogP contribution in [0.5, 0.6) is 0 Å². The van der Waals surface area contributed by atoms with Crippen molar-refractivity contribution in [3.05, 3.63) is 59.7 Å². The van der Waals surface area contributed by atoms with Crippen molar-refractivity contribution in [2.45, 2.75) is 24.9 Å². The van der Waals surface area contributed by atoms with Crippen LogP contribution in [0.4, 0.5) is 0 Å². The fourth-order valence-corrected chi connectivity index (χ4v) is 3.07. The Balaban J connectivity index is 1.82. The van der Waals surface area contributed by atoms with Gasteiger partial charge in [-0.15, -0.1) is 0 Å². The number of hydrogen-bond acceptors (Lipinski definition) is 4. The molecule has 1 atom stereocenters. The number of rotatable bonds is 5. The molecule has 0 radical (unpaired) electrons. The van der Waals surface area contributed by atoms with Crippen molar-refractivity contribution < 1.29 is 19.7 Å². The van der Waals surface area contributed by atoms with Crippen molar-refractivity contribution in [2.75, 3.05) is 13.2 Å². The standard InChI is InChI=1S/C19H20O4/c1-19(22,10-11-20)18(21)23-12-17-15-8-4-2-6-13(15)14-7-3-5-9-16(14)17/h2-9,17,20,22H,10-12H2,1H3/t19-/m1/s1. The molecular formula is C19H20O4. The third kappa shape index (κ3) is 2.87. The molecule has 0 saturated carbocycles. The molecule has 0 aromatic heterocycles. The number of benzene rings is 2. The summed E-state index contributed by atoms with van der Waals surface area (Å²) in [5, 5.41) is 18.9. The summed E-state index contributed by atoms with van der Waals surface area (Å²) in [6.45, 7) is 1.27. The molecule has 0 heterocycles. The minimum absolute atomic E-state index is 0.0312. The quantitative estimate of drug-likeness (QED) is 0.832. The Morgan fingerprint density at radius 3 is 2.13 bits per heavy atom. The van der Waals surface area contributed by atoms with E-state index in [1.165, 1.54) is 6.92 Å². The molecule has 0 amide bonds. The van der Waals surface area contributed by atoms with Crippen molar-refractivity contribution in [3.8, 4) is 11.1 Å². The van der Waals surface area contributed by atoms with Gasteiger partial charge in [0, 0.05) is 18.9 Å². The molecule has 3 rings (SSSR count). The maximum Gasteiger partial charge on any atom is 0.337 e. The average molecular weight is 312 g/mol. The Kier molecular flexibility index (Phi) is 4.20. The molecule has 0 bridgehead atoms. The SMILES string of the molecule is C[C@@](O)(CCO)C(=O)OCC1c2ccccc2-c2ccccc21. The normalized spacial score (nSPS) is 15.6. The summed E-state index contributed by atoms with van der Waals surface area (Å²) < 4.78 is 5.36. The summed E-state index contributed by atoms with van der Waals surface area (Å²) in [7, 11) is 0. The van der Waals surface area contributed by atoms with E-state index < -0.39 is 11.6 Å². The van der Waals surface area contributed by atoms with Gasteiger partial charge in [0.05, 0.1) is 0 Å². The van der Waals surface area contributed by atoms with Gasteiger partial charge in [-0.3, -0.25) is 0 Å². The third-order valence-electron chi connectivity index (χ3n) is 4.38. The molecule has 1 aliphatic rings. The van der Waals surface area contributed by atoms with Gasteiger partial charge in [-0.1, -0.05) is 48.5 Å². The van der Waals surface area contributed by atoms with E-state index in [4.69, 9.17) is 9.84 Å². The smallest absolute Gasteiger partial charge is 0.337 e. The molecule has 2 aromatic rings. The molecule has 120 valence electrons. The van der Waals surface area contributed by atoms with Gasteiger partial charge < -0.3 is 14.9 Å².